The molecule has 2 aromatic carbocycles. The van der Waals surface area contributed by atoms with Gasteiger partial charge < -0.3 is 23.2 Å². The van der Waals surface area contributed by atoms with Gasteiger partial charge in [-0.25, -0.2) is 27.8 Å². The van der Waals surface area contributed by atoms with Crippen molar-refractivity contribution in [1.82, 2.24) is 19.5 Å². The molecule has 0 bridgehead atoms. The van der Waals surface area contributed by atoms with Crippen molar-refractivity contribution in [2.75, 3.05) is 12.5 Å². The number of oxazole rings is 1. The van der Waals surface area contributed by atoms with Gasteiger partial charge in [0.15, 0.2) is 23.7 Å². The van der Waals surface area contributed by atoms with Gasteiger partial charge in [-0.15, -0.1) is 0 Å². The molecule has 0 spiro atoms. The number of hydrogen-bond donors (Lipinski definition) is 0. The third kappa shape index (κ3) is 6.53. The highest BCUT2D eigenvalue weighted by Gasteiger charge is 2.24. The third-order valence-electron chi connectivity index (χ3n) is 6.97. The zero-order valence-electron chi connectivity index (χ0n) is 23.6. The van der Waals surface area contributed by atoms with E-state index < -0.39 is 32.5 Å². The first kappa shape index (κ1) is 29.2. The molecular weight excluding hydrogens is 591 g/mol. The maximum absolute atomic E-state index is 14.9. The molecule has 44 heavy (non-hydrogen) atoms. The van der Waals surface area contributed by atoms with Gasteiger partial charge in [0.25, 0.3) is 5.56 Å². The number of ether oxygens (including phenoxy) is 3. The molecule has 0 N–H and O–H groups in total. The second-order valence-corrected chi connectivity index (χ2v) is 12.2. The lowest BCUT2D eigenvalue weighted by atomic mass is 10.1. The fourth-order valence-electron chi connectivity index (χ4n) is 4.78. The topological polar surface area (TPSA) is 136 Å². The molecule has 6 rings (SSSR count). The second kappa shape index (κ2) is 12.4. The number of hydrogen-bond acceptors (Lipinski definition) is 10. The fourth-order valence-corrected chi connectivity index (χ4v) is 6.01. The van der Waals surface area contributed by atoms with Crippen molar-refractivity contribution in [2.45, 2.75) is 37.8 Å². The first-order valence-electron chi connectivity index (χ1n) is 13.7. The maximum Gasteiger partial charge on any atom is 0.286 e. The zero-order valence-corrected chi connectivity index (χ0v) is 24.4. The van der Waals surface area contributed by atoms with Crippen molar-refractivity contribution in [1.29, 1.82) is 0 Å². The van der Waals surface area contributed by atoms with Crippen molar-refractivity contribution in [2.24, 2.45) is 0 Å². The maximum atomic E-state index is 14.9. The predicted octanol–water partition coefficient (Wildman–Crippen LogP) is 4.64. The number of benzene rings is 2. The minimum Gasteiger partial charge on any atom is -0.454 e. The van der Waals surface area contributed by atoms with Crippen LogP contribution >= 0.6 is 0 Å². The van der Waals surface area contributed by atoms with E-state index in [4.69, 9.17) is 18.6 Å². The Hall–Kier alpha value is -4.88. The molecule has 0 saturated carbocycles. The monoisotopic (exact) mass is 618 g/mol. The number of pyridine rings is 1. The van der Waals surface area contributed by atoms with Crippen LogP contribution in [0.3, 0.4) is 0 Å². The smallest absolute Gasteiger partial charge is 0.286 e. The van der Waals surface area contributed by atoms with Crippen LogP contribution in [0.2, 0.25) is 0 Å². The highest BCUT2D eigenvalue weighted by Crippen LogP contribution is 2.33. The van der Waals surface area contributed by atoms with E-state index in [0.717, 1.165) is 11.6 Å². The summed E-state index contributed by atoms with van der Waals surface area (Å²) in [7, 11) is -4.00. The molecule has 13 heteroatoms. The van der Waals surface area contributed by atoms with Gasteiger partial charge in [0.1, 0.15) is 12.4 Å². The van der Waals surface area contributed by atoms with E-state index in [1.165, 1.54) is 29.4 Å². The highest BCUT2D eigenvalue weighted by molar-refractivity contribution is 7.91. The molecule has 4 heterocycles. The van der Waals surface area contributed by atoms with Crippen molar-refractivity contribution in [3.05, 3.63) is 118 Å². The molecule has 0 fully saturated rings. The van der Waals surface area contributed by atoms with Crippen LogP contribution in [-0.4, -0.2) is 40.5 Å². The van der Waals surface area contributed by atoms with Gasteiger partial charge in [-0.05, 0) is 48.7 Å². The summed E-state index contributed by atoms with van der Waals surface area (Å²) in [5.74, 6) is 0.309. The molecule has 1 unspecified atom stereocenters. The average Bonchev–Trinajstić information content (AvgIpc) is 3.72. The van der Waals surface area contributed by atoms with E-state index in [1.807, 2.05) is 30.3 Å². The van der Waals surface area contributed by atoms with Crippen molar-refractivity contribution < 1.29 is 31.4 Å². The highest BCUT2D eigenvalue weighted by atomic mass is 32.2. The molecule has 0 radical (unpaired) electrons. The number of aryl methyl sites for hydroxylation is 1. The quantitative estimate of drug-likeness (QED) is 0.193. The van der Waals surface area contributed by atoms with Gasteiger partial charge >= 0.3 is 0 Å². The molecule has 11 nitrogen and oxygen atoms in total. The summed E-state index contributed by atoms with van der Waals surface area (Å²) in [4.78, 5) is 25.0. The van der Waals surface area contributed by atoms with E-state index in [9.17, 15) is 17.6 Å². The SMILES string of the molecule is Cc1cc(-c2cc(F)c(=O)n(Cc3ccc4c(c3)OCO4)c2)nc(S(=O)(=O)CCC(OCc2cnco2)c2ccccc2)n1. The Labute approximate surface area is 251 Å². The molecule has 1 aliphatic heterocycles. The Morgan fingerprint density at radius 3 is 2.66 bits per heavy atom. The normalized spacial score (nSPS) is 13.2. The molecule has 0 saturated heterocycles. The summed E-state index contributed by atoms with van der Waals surface area (Å²) in [6, 6.07) is 17.0. The third-order valence-corrected chi connectivity index (χ3v) is 8.48. The van der Waals surface area contributed by atoms with Gasteiger partial charge in [-0.2, -0.15) is 0 Å². The predicted molar refractivity (Wildman–Crippen MR) is 155 cm³/mol. The Bertz CT molecular complexity index is 1950. The second-order valence-electron chi connectivity index (χ2n) is 10.2. The van der Waals surface area contributed by atoms with Crippen LogP contribution in [0.1, 0.15) is 35.1 Å². The van der Waals surface area contributed by atoms with Crippen LogP contribution in [0.25, 0.3) is 11.3 Å². The number of sulfone groups is 1. The number of fused-ring (bicyclic) bond motifs is 1. The lowest BCUT2D eigenvalue weighted by molar-refractivity contribution is 0.0280. The number of nitrogens with zero attached hydrogens (tertiary/aromatic N) is 4. The van der Waals surface area contributed by atoms with E-state index in [0.29, 0.717) is 28.5 Å². The van der Waals surface area contributed by atoms with Crippen LogP contribution in [0, 0.1) is 12.7 Å². The van der Waals surface area contributed by atoms with Gasteiger partial charge in [0.05, 0.1) is 30.3 Å². The molecule has 0 aliphatic carbocycles. The first-order chi connectivity index (χ1) is 21.2. The van der Waals surface area contributed by atoms with Crippen LogP contribution in [-0.2, 0) is 27.7 Å². The van der Waals surface area contributed by atoms with E-state index in [-0.39, 0.29) is 43.4 Å². The van der Waals surface area contributed by atoms with Gasteiger partial charge in [-0.3, -0.25) is 4.79 Å². The Balaban J connectivity index is 1.25. The number of aromatic nitrogens is 4. The van der Waals surface area contributed by atoms with Crippen LogP contribution in [0.5, 0.6) is 11.5 Å². The van der Waals surface area contributed by atoms with Crippen molar-refractivity contribution >= 4 is 9.84 Å². The lowest BCUT2D eigenvalue weighted by Crippen LogP contribution is -2.23. The van der Waals surface area contributed by atoms with Gasteiger partial charge in [0, 0.05) is 17.5 Å². The average molecular weight is 619 g/mol. The van der Waals surface area contributed by atoms with Crippen LogP contribution in [0.15, 0.2) is 93.8 Å². The van der Waals surface area contributed by atoms with Crippen LogP contribution in [0.4, 0.5) is 4.39 Å². The number of rotatable bonds is 11. The first-order valence-corrected chi connectivity index (χ1v) is 15.3. The molecule has 5 aromatic rings. The van der Waals surface area contributed by atoms with Gasteiger partial charge in [-0.1, -0.05) is 36.4 Å². The van der Waals surface area contributed by atoms with Gasteiger partial charge in [0.2, 0.25) is 21.8 Å². The fraction of sp³-hybridized carbons (Fsp3) is 0.226. The standard InChI is InChI=1S/C31H27FN4O7S/c1-20-11-26(23-13-25(32)30(37)36(16-23)15-21-7-8-28-29(12-21)43-19-42-28)35-31(34-20)44(38,39)10-9-27(22-5-3-2-4-6-22)40-17-24-14-33-18-41-24/h2-8,11-14,16,18,27H,9-10,15,17,19H2,1H3. The molecule has 1 atom stereocenters. The van der Waals surface area contributed by atoms with E-state index in [2.05, 4.69) is 15.0 Å². The summed E-state index contributed by atoms with van der Waals surface area (Å²) in [6.07, 6.45) is 3.82. The minimum atomic E-state index is -4.00. The lowest BCUT2D eigenvalue weighted by Gasteiger charge is -2.18. The molecule has 0 amide bonds. The van der Waals surface area contributed by atoms with E-state index in [1.54, 1.807) is 25.1 Å². The molecule has 226 valence electrons. The Morgan fingerprint density at radius 1 is 1.05 bits per heavy atom. The summed E-state index contributed by atoms with van der Waals surface area (Å²) in [6.45, 7) is 1.88. The van der Waals surface area contributed by atoms with Crippen molar-refractivity contribution in [3.8, 4) is 22.8 Å². The minimum absolute atomic E-state index is 0.0460. The summed E-state index contributed by atoms with van der Waals surface area (Å²) in [5, 5.41) is -0.400. The molecule has 1 aliphatic rings. The van der Waals surface area contributed by atoms with E-state index >= 15 is 0 Å². The zero-order chi connectivity index (χ0) is 30.7. The largest absolute Gasteiger partial charge is 0.454 e. The summed E-state index contributed by atoms with van der Waals surface area (Å²) < 4.78 is 65.0. The van der Waals surface area contributed by atoms with Crippen LogP contribution < -0.4 is 15.0 Å². The Morgan fingerprint density at radius 2 is 1.86 bits per heavy atom. The molecular formula is C31H27FN4O7S. The Kier molecular flexibility index (Phi) is 8.22. The summed E-state index contributed by atoms with van der Waals surface area (Å²) in [5.41, 5.74) is 1.41. The van der Waals surface area contributed by atoms with Crippen molar-refractivity contribution in [3.63, 3.8) is 0 Å². The summed E-state index contributed by atoms with van der Waals surface area (Å²) >= 11 is 0. The number of halogens is 1. The molecule has 3 aromatic heterocycles.